The van der Waals surface area contributed by atoms with Crippen molar-refractivity contribution in [2.45, 2.75) is 12.8 Å². The summed E-state index contributed by atoms with van der Waals surface area (Å²) in [5, 5.41) is 0. The molecule has 2 aromatic rings. The Labute approximate surface area is 109 Å². The molecule has 0 aromatic heterocycles. The van der Waals surface area contributed by atoms with Gasteiger partial charge >= 0.3 is 0 Å². The van der Waals surface area contributed by atoms with E-state index in [0.29, 0.717) is 0 Å². The van der Waals surface area contributed by atoms with Crippen LogP contribution in [0.25, 0.3) is 0 Å². The minimum absolute atomic E-state index is 0. The van der Waals surface area contributed by atoms with Crippen LogP contribution in [0.5, 0.6) is 5.75 Å². The zero-order valence-corrected chi connectivity index (χ0v) is 10.7. The zero-order valence-electron chi connectivity index (χ0n) is 9.93. The number of ether oxygens (including phenoxy) is 1. The lowest BCUT2D eigenvalue weighted by Gasteiger charge is -2.04. The molecule has 0 N–H and O–H groups in total. The Morgan fingerprint density at radius 3 is 2.18 bits per heavy atom. The van der Waals surface area contributed by atoms with Crippen LogP contribution in [-0.4, -0.2) is 7.11 Å². The summed E-state index contributed by atoms with van der Waals surface area (Å²) in [4.78, 5) is 0. The van der Waals surface area contributed by atoms with Crippen molar-refractivity contribution in [2.75, 3.05) is 7.11 Å². The molecule has 90 valence electrons. The van der Waals surface area contributed by atoms with Crippen LogP contribution in [0.2, 0.25) is 0 Å². The number of hydrogen-bond acceptors (Lipinski definition) is 1. The van der Waals surface area contributed by atoms with E-state index in [1.54, 1.807) is 7.11 Å². The molecule has 0 heterocycles. The van der Waals surface area contributed by atoms with E-state index in [9.17, 15) is 0 Å². The predicted molar refractivity (Wildman–Crippen MR) is 74.1 cm³/mol. The molecule has 17 heavy (non-hydrogen) atoms. The van der Waals surface area contributed by atoms with Gasteiger partial charge in [-0.25, -0.2) is 0 Å². The molecule has 0 aliphatic carbocycles. The van der Waals surface area contributed by atoms with Gasteiger partial charge < -0.3 is 4.74 Å². The van der Waals surface area contributed by atoms with Crippen molar-refractivity contribution in [3.05, 3.63) is 65.7 Å². The smallest absolute Gasteiger partial charge is 0.119 e. The lowest BCUT2D eigenvalue weighted by molar-refractivity contribution is 0.414. The van der Waals surface area contributed by atoms with Gasteiger partial charge in [0.2, 0.25) is 0 Å². The molecule has 2 heteroatoms. The molecule has 0 atom stereocenters. The van der Waals surface area contributed by atoms with E-state index in [2.05, 4.69) is 42.5 Å². The summed E-state index contributed by atoms with van der Waals surface area (Å²) in [6, 6.07) is 18.8. The lowest BCUT2D eigenvalue weighted by Crippen LogP contribution is -1.92. The summed E-state index contributed by atoms with van der Waals surface area (Å²) < 4.78 is 5.21. The van der Waals surface area contributed by atoms with Gasteiger partial charge in [0.1, 0.15) is 5.75 Å². The van der Waals surface area contributed by atoms with E-state index in [0.717, 1.165) is 18.6 Å². The second-order valence-electron chi connectivity index (χ2n) is 3.84. The Bertz CT molecular complexity index is 440. The predicted octanol–water partition coefficient (Wildman–Crippen LogP) is 3.90. The summed E-state index contributed by atoms with van der Waals surface area (Å²) in [5.74, 6) is 0.936. The van der Waals surface area contributed by atoms with Crippen molar-refractivity contribution in [3.8, 4) is 5.75 Å². The number of halogens is 1. The number of aryl methyl sites for hydroxylation is 2. The summed E-state index contributed by atoms with van der Waals surface area (Å²) in [7, 11) is 1.70. The van der Waals surface area contributed by atoms with Crippen LogP contribution < -0.4 is 4.74 Å². The lowest BCUT2D eigenvalue weighted by atomic mass is 10.0. The number of rotatable bonds is 4. The quantitative estimate of drug-likeness (QED) is 0.797. The summed E-state index contributed by atoms with van der Waals surface area (Å²) in [6.07, 6.45) is 2.13. The van der Waals surface area contributed by atoms with Crippen LogP contribution in [0.15, 0.2) is 54.6 Å². The highest BCUT2D eigenvalue weighted by molar-refractivity contribution is 5.85. The van der Waals surface area contributed by atoms with Crippen molar-refractivity contribution >= 4 is 12.4 Å². The fourth-order valence-corrected chi connectivity index (χ4v) is 1.76. The third-order valence-electron chi connectivity index (χ3n) is 2.68. The summed E-state index contributed by atoms with van der Waals surface area (Å²) in [6.45, 7) is 0. The van der Waals surface area contributed by atoms with Gasteiger partial charge in [-0.2, -0.15) is 0 Å². The van der Waals surface area contributed by atoms with Crippen LogP contribution in [0.4, 0.5) is 0 Å². The molecular formula is C15H17ClO. The Morgan fingerprint density at radius 1 is 0.824 bits per heavy atom. The van der Waals surface area contributed by atoms with E-state index >= 15 is 0 Å². The Morgan fingerprint density at radius 2 is 1.47 bits per heavy atom. The van der Waals surface area contributed by atoms with Crippen LogP contribution >= 0.6 is 12.4 Å². The first-order chi connectivity index (χ1) is 7.88. The van der Waals surface area contributed by atoms with Gasteiger partial charge in [0.15, 0.2) is 0 Å². The molecule has 2 aromatic carbocycles. The highest BCUT2D eigenvalue weighted by Gasteiger charge is 1.97. The van der Waals surface area contributed by atoms with E-state index < -0.39 is 0 Å². The van der Waals surface area contributed by atoms with Gasteiger partial charge in [-0.1, -0.05) is 42.5 Å². The van der Waals surface area contributed by atoms with E-state index in [4.69, 9.17) is 4.74 Å². The second-order valence-corrected chi connectivity index (χ2v) is 3.84. The van der Waals surface area contributed by atoms with Crippen LogP contribution in [0, 0.1) is 0 Å². The average molecular weight is 249 g/mol. The maximum absolute atomic E-state index is 5.21. The molecule has 0 fully saturated rings. The van der Waals surface area contributed by atoms with Crippen molar-refractivity contribution in [3.63, 3.8) is 0 Å². The fourth-order valence-electron chi connectivity index (χ4n) is 1.76. The zero-order chi connectivity index (χ0) is 11.2. The maximum Gasteiger partial charge on any atom is 0.119 e. The maximum atomic E-state index is 5.21. The summed E-state index contributed by atoms with van der Waals surface area (Å²) in [5.41, 5.74) is 2.70. The van der Waals surface area contributed by atoms with E-state index in [-0.39, 0.29) is 12.4 Å². The monoisotopic (exact) mass is 248 g/mol. The molecule has 0 aliphatic heterocycles. The fraction of sp³-hybridized carbons (Fsp3) is 0.200. The van der Waals surface area contributed by atoms with Gasteiger partial charge in [-0.05, 0) is 36.1 Å². The van der Waals surface area contributed by atoms with Gasteiger partial charge in [0.25, 0.3) is 0 Å². The Kier molecular flexibility index (Phi) is 5.58. The van der Waals surface area contributed by atoms with Gasteiger partial charge in [0.05, 0.1) is 7.11 Å². The first-order valence-corrected chi connectivity index (χ1v) is 5.55. The first-order valence-electron chi connectivity index (χ1n) is 5.55. The van der Waals surface area contributed by atoms with Crippen LogP contribution in [0.3, 0.4) is 0 Å². The molecule has 0 saturated heterocycles. The SMILES string of the molecule is COc1cccc(CCc2ccccc2)c1.Cl. The third kappa shape index (κ3) is 4.12. The molecule has 0 unspecified atom stereocenters. The van der Waals surface area contributed by atoms with Crippen molar-refractivity contribution in [1.29, 1.82) is 0 Å². The van der Waals surface area contributed by atoms with Crippen LogP contribution in [0.1, 0.15) is 11.1 Å². The van der Waals surface area contributed by atoms with Crippen molar-refractivity contribution < 1.29 is 4.74 Å². The first kappa shape index (κ1) is 13.6. The van der Waals surface area contributed by atoms with Crippen LogP contribution in [-0.2, 0) is 12.8 Å². The number of benzene rings is 2. The number of methoxy groups -OCH3 is 1. The van der Waals surface area contributed by atoms with Crippen molar-refractivity contribution in [1.82, 2.24) is 0 Å². The third-order valence-corrected chi connectivity index (χ3v) is 2.68. The van der Waals surface area contributed by atoms with E-state index in [1.165, 1.54) is 11.1 Å². The molecule has 0 aliphatic rings. The molecular weight excluding hydrogens is 232 g/mol. The highest BCUT2D eigenvalue weighted by Crippen LogP contribution is 2.14. The Balaban J connectivity index is 0.00000144. The molecule has 0 spiro atoms. The highest BCUT2D eigenvalue weighted by atomic mass is 35.5. The normalized spacial score (nSPS) is 9.47. The minimum atomic E-state index is 0. The molecule has 0 bridgehead atoms. The molecule has 0 saturated carbocycles. The average Bonchev–Trinajstić information content (AvgIpc) is 2.38. The van der Waals surface area contributed by atoms with Gasteiger partial charge in [-0.15, -0.1) is 12.4 Å². The molecule has 0 amide bonds. The van der Waals surface area contributed by atoms with Gasteiger partial charge in [-0.3, -0.25) is 0 Å². The summed E-state index contributed by atoms with van der Waals surface area (Å²) >= 11 is 0. The largest absolute Gasteiger partial charge is 0.497 e. The van der Waals surface area contributed by atoms with E-state index in [1.807, 2.05) is 12.1 Å². The Hall–Kier alpha value is -1.47. The molecule has 1 nitrogen and oxygen atoms in total. The molecule has 2 rings (SSSR count). The molecule has 0 radical (unpaired) electrons. The second kappa shape index (κ2) is 6.97. The van der Waals surface area contributed by atoms with Crippen molar-refractivity contribution in [2.24, 2.45) is 0 Å². The minimum Gasteiger partial charge on any atom is -0.497 e. The standard InChI is InChI=1S/C15H16O.ClH/c1-16-15-9-5-8-14(12-15)11-10-13-6-3-2-4-7-13;/h2-9,12H,10-11H2,1H3;1H. The topological polar surface area (TPSA) is 9.23 Å². The number of hydrogen-bond donors (Lipinski definition) is 0. The van der Waals surface area contributed by atoms with Gasteiger partial charge in [0, 0.05) is 0 Å².